The van der Waals surface area contributed by atoms with Crippen molar-refractivity contribution >= 4 is 5.78 Å². The SMILES string of the molecule is C=CC[N@@+]1(C)CC[C@]23c4c5ccc(O)c4O[C@H]2C(=O)CC[C@@]3(OCC)[C@H]1C5.[I-]. The normalized spacial score (nSPS) is 39.6. The highest BCUT2D eigenvalue weighted by Gasteiger charge is 2.77. The molecule has 0 radical (unpaired) electrons. The summed E-state index contributed by atoms with van der Waals surface area (Å²) in [6, 6.07) is 3.98. The number of ketones is 1. The number of benzene rings is 1. The van der Waals surface area contributed by atoms with Crippen molar-refractivity contribution in [2.24, 2.45) is 0 Å². The molecule has 28 heavy (non-hydrogen) atoms. The van der Waals surface area contributed by atoms with E-state index in [1.807, 2.05) is 19.1 Å². The predicted octanol–water partition coefficient (Wildman–Crippen LogP) is -0.506. The topological polar surface area (TPSA) is 55.8 Å². The number of Topliss-reactive ketones (excluding diaryl/α,β-unsaturated/α-hetero) is 1. The lowest BCUT2D eigenvalue weighted by molar-refractivity contribution is -0.944. The average molecular weight is 497 g/mol. The molecule has 6 heteroatoms. The Kier molecular flexibility index (Phi) is 4.64. The van der Waals surface area contributed by atoms with Crippen LogP contribution in [0.1, 0.15) is 37.3 Å². The second-order valence-electron chi connectivity index (χ2n) is 8.85. The van der Waals surface area contributed by atoms with Gasteiger partial charge in [0.2, 0.25) is 0 Å². The highest BCUT2D eigenvalue weighted by Crippen LogP contribution is 2.66. The van der Waals surface area contributed by atoms with Crippen LogP contribution in [0.25, 0.3) is 0 Å². The van der Waals surface area contributed by atoms with E-state index in [0.717, 1.165) is 42.4 Å². The Hall–Kier alpha value is -1.12. The number of quaternary nitrogens is 1. The summed E-state index contributed by atoms with van der Waals surface area (Å²) in [5.74, 6) is 0.811. The lowest BCUT2D eigenvalue weighted by atomic mass is 9.48. The zero-order chi connectivity index (χ0) is 19.0. The van der Waals surface area contributed by atoms with Gasteiger partial charge in [-0.25, -0.2) is 0 Å². The van der Waals surface area contributed by atoms with Crippen molar-refractivity contribution in [1.29, 1.82) is 0 Å². The van der Waals surface area contributed by atoms with E-state index in [1.165, 1.54) is 5.56 Å². The van der Waals surface area contributed by atoms with Gasteiger partial charge in [-0.3, -0.25) is 4.79 Å². The van der Waals surface area contributed by atoms with Crippen LogP contribution in [-0.2, 0) is 21.4 Å². The van der Waals surface area contributed by atoms with Gasteiger partial charge in [0.1, 0.15) is 11.6 Å². The summed E-state index contributed by atoms with van der Waals surface area (Å²) < 4.78 is 13.8. The van der Waals surface area contributed by atoms with E-state index in [2.05, 4.69) is 13.6 Å². The zero-order valence-electron chi connectivity index (χ0n) is 16.5. The molecule has 0 aromatic heterocycles. The fourth-order valence-electron chi connectivity index (χ4n) is 6.86. The average Bonchev–Trinajstić information content (AvgIpc) is 3.00. The lowest BCUT2D eigenvalue weighted by Crippen LogP contribution is -3.00. The van der Waals surface area contributed by atoms with Gasteiger partial charge in [-0.2, -0.15) is 0 Å². The second-order valence-corrected chi connectivity index (χ2v) is 8.85. The molecule has 4 aliphatic rings. The van der Waals surface area contributed by atoms with Crippen molar-refractivity contribution in [3.8, 4) is 11.5 Å². The van der Waals surface area contributed by atoms with Crippen molar-refractivity contribution in [3.63, 3.8) is 0 Å². The number of carbonyl (C=O) groups excluding carboxylic acids is 1. The number of halogens is 1. The summed E-state index contributed by atoms with van der Waals surface area (Å²) in [6.45, 7) is 8.49. The van der Waals surface area contributed by atoms with Gasteiger partial charge >= 0.3 is 0 Å². The van der Waals surface area contributed by atoms with Gasteiger partial charge in [0.05, 0.1) is 25.6 Å². The number of likely N-dealkylation sites (N-methyl/N-ethyl adjacent to an activating group) is 1. The summed E-state index contributed by atoms with van der Waals surface area (Å²) in [4.78, 5) is 13.0. The predicted molar refractivity (Wildman–Crippen MR) is 101 cm³/mol. The Morgan fingerprint density at radius 3 is 2.93 bits per heavy atom. The number of rotatable bonds is 4. The minimum atomic E-state index is -0.542. The summed E-state index contributed by atoms with van der Waals surface area (Å²) in [7, 11) is 2.30. The molecule has 1 N–H and O–H groups in total. The lowest BCUT2D eigenvalue weighted by Gasteiger charge is -2.65. The molecule has 5 nitrogen and oxygen atoms in total. The first-order valence-corrected chi connectivity index (χ1v) is 10.1. The van der Waals surface area contributed by atoms with Gasteiger partial charge < -0.3 is 43.0 Å². The van der Waals surface area contributed by atoms with Crippen molar-refractivity contribution in [3.05, 3.63) is 35.9 Å². The van der Waals surface area contributed by atoms with Crippen LogP contribution < -0.4 is 28.7 Å². The minimum absolute atomic E-state index is 0. The Morgan fingerprint density at radius 2 is 2.21 bits per heavy atom. The van der Waals surface area contributed by atoms with Gasteiger partial charge in [-0.1, -0.05) is 12.6 Å². The quantitative estimate of drug-likeness (QED) is 0.346. The van der Waals surface area contributed by atoms with Crippen LogP contribution in [0.2, 0.25) is 0 Å². The van der Waals surface area contributed by atoms with E-state index in [4.69, 9.17) is 9.47 Å². The van der Waals surface area contributed by atoms with Gasteiger partial charge in [0.25, 0.3) is 0 Å². The molecule has 5 atom stereocenters. The Labute approximate surface area is 183 Å². The molecule has 1 spiro atoms. The van der Waals surface area contributed by atoms with E-state index >= 15 is 0 Å². The van der Waals surface area contributed by atoms with Crippen LogP contribution in [0.15, 0.2) is 24.8 Å². The summed E-state index contributed by atoms with van der Waals surface area (Å²) in [6.07, 6.45) is 4.36. The largest absolute Gasteiger partial charge is 1.00 e. The molecule has 0 amide bonds. The summed E-state index contributed by atoms with van der Waals surface area (Å²) >= 11 is 0. The molecular weight excluding hydrogens is 469 g/mol. The monoisotopic (exact) mass is 497 g/mol. The van der Waals surface area contributed by atoms with Crippen molar-refractivity contribution < 1.29 is 47.8 Å². The van der Waals surface area contributed by atoms with E-state index in [1.54, 1.807) is 6.07 Å². The second kappa shape index (κ2) is 6.44. The summed E-state index contributed by atoms with van der Waals surface area (Å²) in [5, 5.41) is 10.5. The van der Waals surface area contributed by atoms with Gasteiger partial charge in [-0.15, -0.1) is 0 Å². The number of nitrogens with zero attached hydrogens (tertiary/aromatic N) is 1. The molecular formula is C22H28INO4. The molecule has 152 valence electrons. The first kappa shape index (κ1) is 20.2. The number of carbonyl (C=O) groups is 1. The van der Waals surface area contributed by atoms with Crippen molar-refractivity contribution in [1.82, 2.24) is 0 Å². The molecule has 2 bridgehead atoms. The van der Waals surface area contributed by atoms with Gasteiger partial charge in [0.15, 0.2) is 23.4 Å². The molecule has 2 aliphatic heterocycles. The number of phenolic OH excluding ortho intramolecular Hbond substituents is 1. The van der Waals surface area contributed by atoms with Crippen LogP contribution in [0.5, 0.6) is 11.5 Å². The van der Waals surface area contributed by atoms with Crippen LogP contribution in [0.3, 0.4) is 0 Å². The molecule has 0 unspecified atom stereocenters. The number of aromatic hydroxyl groups is 1. The number of likely N-dealkylation sites (tertiary alicyclic amines) is 1. The third kappa shape index (κ3) is 2.12. The minimum Gasteiger partial charge on any atom is -1.00 e. The smallest absolute Gasteiger partial charge is 0.174 e. The Bertz CT molecular complexity index is 857. The van der Waals surface area contributed by atoms with E-state index in [9.17, 15) is 9.90 Å². The van der Waals surface area contributed by atoms with Gasteiger partial charge in [0, 0.05) is 31.4 Å². The molecule has 2 heterocycles. The molecule has 2 fully saturated rings. The molecule has 1 aromatic rings. The highest BCUT2D eigenvalue weighted by molar-refractivity contribution is 5.90. The van der Waals surface area contributed by atoms with Crippen molar-refractivity contribution in [2.75, 3.05) is 26.7 Å². The van der Waals surface area contributed by atoms with Crippen molar-refractivity contribution in [2.45, 2.75) is 55.8 Å². The first-order valence-electron chi connectivity index (χ1n) is 10.1. The maximum absolute atomic E-state index is 13.0. The third-order valence-electron chi connectivity index (χ3n) is 7.81. The number of piperidine rings is 1. The number of hydrogen-bond donors (Lipinski definition) is 1. The number of phenols is 1. The molecule has 1 saturated carbocycles. The number of ether oxygens (including phenoxy) is 2. The zero-order valence-corrected chi connectivity index (χ0v) is 18.7. The molecule has 5 rings (SSSR count). The fourth-order valence-corrected chi connectivity index (χ4v) is 6.86. The molecule has 1 aromatic carbocycles. The standard InChI is InChI=1S/C22H27NO4.HI/c1-4-11-23(3)12-10-21-18-14-6-7-15(24)19(18)27-20(21)16(25)8-9-22(21,26-5-2)17(23)13-14;/h4,6-7,17,20H,1,5,8-13H2,2-3H3;1H/t17-,20+,21+,22-,23+;/m1./s1. The maximum atomic E-state index is 13.0. The van der Waals surface area contributed by atoms with Gasteiger partial charge in [-0.05, 0) is 31.1 Å². The van der Waals surface area contributed by atoms with E-state index in [-0.39, 0.29) is 41.6 Å². The van der Waals surface area contributed by atoms with Crippen LogP contribution in [-0.4, -0.2) is 59.9 Å². The van der Waals surface area contributed by atoms with Crippen LogP contribution in [0, 0.1) is 0 Å². The van der Waals surface area contributed by atoms with E-state index < -0.39 is 17.1 Å². The summed E-state index contributed by atoms with van der Waals surface area (Å²) in [5.41, 5.74) is 1.33. The third-order valence-corrected chi connectivity index (χ3v) is 7.81. The molecule has 1 saturated heterocycles. The molecule has 2 aliphatic carbocycles. The Morgan fingerprint density at radius 1 is 1.43 bits per heavy atom. The van der Waals surface area contributed by atoms with Crippen LogP contribution >= 0.6 is 0 Å². The van der Waals surface area contributed by atoms with Crippen LogP contribution in [0.4, 0.5) is 0 Å². The fraction of sp³-hybridized carbons (Fsp3) is 0.591. The first-order chi connectivity index (χ1) is 12.9. The maximum Gasteiger partial charge on any atom is 0.174 e. The Balaban J connectivity index is 0.00000192. The van der Waals surface area contributed by atoms with E-state index in [0.29, 0.717) is 18.8 Å². The number of hydrogen-bond acceptors (Lipinski definition) is 4. The highest BCUT2D eigenvalue weighted by atomic mass is 127.